The maximum atomic E-state index is 11.2. The lowest BCUT2D eigenvalue weighted by Crippen LogP contribution is -2.02. The van der Waals surface area contributed by atoms with Crippen LogP contribution < -0.4 is 0 Å². The summed E-state index contributed by atoms with van der Waals surface area (Å²) in [7, 11) is 0. The minimum atomic E-state index is -0.909. The van der Waals surface area contributed by atoms with Crippen molar-refractivity contribution in [2.24, 2.45) is 0 Å². The average Bonchev–Trinajstić information content (AvgIpc) is 2.28. The van der Waals surface area contributed by atoms with Crippen LogP contribution in [0.4, 0.5) is 0 Å². The van der Waals surface area contributed by atoms with Crippen molar-refractivity contribution in [1.82, 2.24) is 4.98 Å². The Morgan fingerprint density at radius 1 is 1.41 bits per heavy atom. The van der Waals surface area contributed by atoms with Crippen molar-refractivity contribution >= 4 is 32.8 Å². The molecule has 0 aliphatic carbocycles. The molecule has 0 unspecified atom stereocenters. The van der Waals surface area contributed by atoms with Gasteiger partial charge in [-0.3, -0.25) is 4.98 Å². The summed E-state index contributed by atoms with van der Waals surface area (Å²) in [6.07, 6.45) is 1.75. The van der Waals surface area contributed by atoms with Crippen LogP contribution in [-0.4, -0.2) is 16.1 Å². The number of pyridine rings is 1. The van der Waals surface area contributed by atoms with E-state index in [4.69, 9.17) is 0 Å². The van der Waals surface area contributed by atoms with Gasteiger partial charge in [0, 0.05) is 15.6 Å². The van der Waals surface area contributed by atoms with E-state index in [1.165, 1.54) is 0 Å². The van der Waals surface area contributed by atoms with Crippen LogP contribution in [0.25, 0.3) is 10.9 Å². The fourth-order valence-corrected chi connectivity index (χ4v) is 2.18. The van der Waals surface area contributed by atoms with E-state index in [2.05, 4.69) is 20.9 Å². The summed E-state index contributed by atoms with van der Waals surface area (Å²) >= 11 is 3.34. The summed E-state index contributed by atoms with van der Waals surface area (Å²) in [6.45, 7) is 2.05. The number of carboxylic acids is 1. The minimum Gasteiger partial charge on any atom is -0.478 e. The lowest BCUT2D eigenvalue weighted by atomic mass is 10.1. The fraction of sp³-hybridized carbons (Fsp3) is 0.231. The van der Waals surface area contributed by atoms with Gasteiger partial charge in [-0.1, -0.05) is 29.3 Å². The van der Waals surface area contributed by atoms with Gasteiger partial charge in [0.25, 0.3) is 0 Å². The molecule has 1 aromatic heterocycles. The minimum absolute atomic E-state index is 0.319. The highest BCUT2D eigenvalue weighted by Crippen LogP contribution is 2.23. The van der Waals surface area contributed by atoms with Gasteiger partial charge >= 0.3 is 5.97 Å². The number of hydrogen-bond donors (Lipinski definition) is 1. The van der Waals surface area contributed by atoms with Crippen molar-refractivity contribution in [2.45, 2.75) is 19.8 Å². The summed E-state index contributed by atoms with van der Waals surface area (Å²) in [5.41, 5.74) is 1.89. The molecule has 0 saturated carbocycles. The molecule has 0 amide bonds. The Morgan fingerprint density at radius 3 is 2.82 bits per heavy atom. The zero-order chi connectivity index (χ0) is 12.4. The second kappa shape index (κ2) is 4.84. The first-order valence-corrected chi connectivity index (χ1v) is 6.23. The molecule has 0 aliphatic rings. The van der Waals surface area contributed by atoms with Crippen LogP contribution in [0.5, 0.6) is 0 Å². The van der Waals surface area contributed by atoms with Crippen molar-refractivity contribution in [3.63, 3.8) is 0 Å². The number of carbonyl (C=O) groups is 1. The molecule has 88 valence electrons. The van der Waals surface area contributed by atoms with Gasteiger partial charge in [0.05, 0.1) is 11.1 Å². The number of carboxylic acid groups (broad SMARTS) is 1. The van der Waals surface area contributed by atoms with Crippen LogP contribution in [0.2, 0.25) is 0 Å². The normalized spacial score (nSPS) is 10.7. The number of hydrogen-bond acceptors (Lipinski definition) is 2. The number of rotatable bonds is 3. The first-order chi connectivity index (χ1) is 8.11. The van der Waals surface area contributed by atoms with E-state index in [9.17, 15) is 9.90 Å². The Kier molecular flexibility index (Phi) is 3.43. The van der Waals surface area contributed by atoms with E-state index < -0.39 is 5.97 Å². The van der Waals surface area contributed by atoms with Crippen LogP contribution in [0, 0.1) is 0 Å². The quantitative estimate of drug-likeness (QED) is 0.940. The highest BCUT2D eigenvalue weighted by molar-refractivity contribution is 9.10. The van der Waals surface area contributed by atoms with Crippen LogP contribution in [0.15, 0.2) is 28.7 Å². The molecule has 0 aliphatic heterocycles. The van der Waals surface area contributed by atoms with Crippen LogP contribution in [0.3, 0.4) is 0 Å². The summed E-state index contributed by atoms with van der Waals surface area (Å²) in [5.74, 6) is -0.909. The Bertz CT molecular complexity index is 581. The monoisotopic (exact) mass is 293 g/mol. The predicted molar refractivity (Wildman–Crippen MR) is 70.4 cm³/mol. The maximum absolute atomic E-state index is 11.2. The van der Waals surface area contributed by atoms with Gasteiger partial charge in [-0.05, 0) is 30.7 Å². The number of aromatic nitrogens is 1. The van der Waals surface area contributed by atoms with E-state index in [0.29, 0.717) is 10.9 Å². The third-order valence-corrected chi connectivity index (χ3v) is 3.05. The summed E-state index contributed by atoms with van der Waals surface area (Å²) < 4.78 is 0.859. The number of fused-ring (bicyclic) bond motifs is 1. The molecule has 0 fully saturated rings. The number of benzene rings is 1. The number of nitrogens with zero attached hydrogens (tertiary/aromatic N) is 1. The first-order valence-electron chi connectivity index (χ1n) is 5.44. The molecular weight excluding hydrogens is 282 g/mol. The Balaban J connectivity index is 2.72. The van der Waals surface area contributed by atoms with Gasteiger partial charge in [0.2, 0.25) is 0 Å². The van der Waals surface area contributed by atoms with Gasteiger partial charge in [0.15, 0.2) is 0 Å². The number of aromatic carboxylic acids is 1. The van der Waals surface area contributed by atoms with Gasteiger partial charge < -0.3 is 5.11 Å². The fourth-order valence-electron chi connectivity index (χ4n) is 1.81. The van der Waals surface area contributed by atoms with Gasteiger partial charge in [-0.15, -0.1) is 0 Å². The second-order valence-corrected chi connectivity index (χ2v) is 4.79. The number of aryl methyl sites for hydroxylation is 1. The van der Waals surface area contributed by atoms with Crippen molar-refractivity contribution < 1.29 is 9.90 Å². The Morgan fingerprint density at radius 2 is 2.18 bits per heavy atom. The van der Waals surface area contributed by atoms with Crippen molar-refractivity contribution in [3.05, 3.63) is 40.0 Å². The molecule has 2 aromatic rings. The Hall–Kier alpha value is -1.42. The smallest absolute Gasteiger partial charge is 0.336 e. The van der Waals surface area contributed by atoms with Crippen LogP contribution >= 0.6 is 15.9 Å². The third kappa shape index (κ3) is 2.47. The molecular formula is C13H12BrNO2. The van der Waals surface area contributed by atoms with Gasteiger partial charge in [-0.2, -0.15) is 0 Å². The lowest BCUT2D eigenvalue weighted by Gasteiger charge is -2.06. The zero-order valence-electron chi connectivity index (χ0n) is 9.40. The predicted octanol–water partition coefficient (Wildman–Crippen LogP) is 3.65. The zero-order valence-corrected chi connectivity index (χ0v) is 11.0. The summed E-state index contributed by atoms with van der Waals surface area (Å²) in [5, 5.41) is 9.90. The van der Waals surface area contributed by atoms with Crippen molar-refractivity contribution in [3.8, 4) is 0 Å². The summed E-state index contributed by atoms with van der Waals surface area (Å²) in [4.78, 5) is 15.7. The molecule has 0 saturated heterocycles. The molecule has 17 heavy (non-hydrogen) atoms. The SMILES string of the molecule is CCCc1cc(C(=O)O)c2cc(Br)ccc2n1. The Labute approximate surface area is 108 Å². The highest BCUT2D eigenvalue weighted by atomic mass is 79.9. The molecule has 0 bridgehead atoms. The standard InChI is InChI=1S/C13H12BrNO2/c1-2-3-9-7-11(13(16)17)10-6-8(14)4-5-12(10)15-9/h4-7H,2-3H2,1H3,(H,16,17). The van der Waals surface area contributed by atoms with E-state index in [-0.39, 0.29) is 0 Å². The topological polar surface area (TPSA) is 50.2 Å². The van der Waals surface area contributed by atoms with Crippen LogP contribution in [0.1, 0.15) is 29.4 Å². The molecule has 0 radical (unpaired) electrons. The molecule has 1 aromatic carbocycles. The molecule has 4 heteroatoms. The van der Waals surface area contributed by atoms with E-state index in [1.54, 1.807) is 12.1 Å². The average molecular weight is 294 g/mol. The van der Waals surface area contributed by atoms with Crippen molar-refractivity contribution in [1.29, 1.82) is 0 Å². The molecule has 3 nitrogen and oxygen atoms in total. The summed E-state index contributed by atoms with van der Waals surface area (Å²) in [6, 6.07) is 7.17. The van der Waals surface area contributed by atoms with Gasteiger partial charge in [-0.25, -0.2) is 4.79 Å². The molecule has 1 heterocycles. The molecule has 0 spiro atoms. The maximum Gasteiger partial charge on any atom is 0.336 e. The van der Waals surface area contributed by atoms with Crippen molar-refractivity contribution in [2.75, 3.05) is 0 Å². The highest BCUT2D eigenvalue weighted by Gasteiger charge is 2.11. The van der Waals surface area contributed by atoms with E-state index >= 15 is 0 Å². The second-order valence-electron chi connectivity index (χ2n) is 3.88. The van der Waals surface area contributed by atoms with Crippen LogP contribution in [-0.2, 0) is 6.42 Å². The molecule has 0 atom stereocenters. The first kappa shape index (κ1) is 12.0. The largest absolute Gasteiger partial charge is 0.478 e. The molecule has 2 rings (SSSR count). The molecule has 1 N–H and O–H groups in total. The van der Waals surface area contributed by atoms with E-state index in [1.807, 2.05) is 19.1 Å². The van der Waals surface area contributed by atoms with E-state index in [0.717, 1.165) is 28.5 Å². The number of halogens is 1. The third-order valence-electron chi connectivity index (χ3n) is 2.56. The van der Waals surface area contributed by atoms with Gasteiger partial charge in [0.1, 0.15) is 0 Å². The lowest BCUT2D eigenvalue weighted by molar-refractivity contribution is 0.0699.